The number of hydrogen-bond acceptors (Lipinski definition) is 9. The molecule has 0 spiro atoms. The fourth-order valence-electron chi connectivity index (χ4n) is 3.54. The van der Waals surface area contributed by atoms with Gasteiger partial charge in [0.2, 0.25) is 0 Å². The molecule has 10 nitrogen and oxygen atoms in total. The van der Waals surface area contributed by atoms with Crippen molar-refractivity contribution in [1.29, 1.82) is 0 Å². The summed E-state index contributed by atoms with van der Waals surface area (Å²) in [5.41, 5.74) is 6.39. The summed E-state index contributed by atoms with van der Waals surface area (Å²) in [7, 11) is 0. The molecular formula is C24H20Cl2F3N7O3. The standard InChI is InChI=1S/C24H20Cl2F3N7O3/c1-2-39-23(38)16-10-18-22(33-17(11-36(18)35-16)13-4-3-12(25)9-15(13)26)32-8-7-31-19-6-5-14(21(30)34-19)20(37)24(27,28)29/h3-6,9-11H,2,7-8H2,1H3,(H,32,33)(H3,30,31,34). The Hall–Kier alpha value is -4.10. The first-order chi connectivity index (χ1) is 18.5. The average Bonchev–Trinajstić information content (AvgIpc) is 3.30. The van der Waals surface area contributed by atoms with E-state index in [0.717, 1.165) is 6.07 Å². The Morgan fingerprint density at radius 3 is 2.49 bits per heavy atom. The molecule has 0 aliphatic rings. The van der Waals surface area contributed by atoms with Crippen molar-refractivity contribution in [3.05, 3.63) is 63.9 Å². The van der Waals surface area contributed by atoms with Crippen molar-refractivity contribution in [3.63, 3.8) is 0 Å². The van der Waals surface area contributed by atoms with Crippen LogP contribution in [0, 0.1) is 0 Å². The van der Waals surface area contributed by atoms with Gasteiger partial charge in [-0.2, -0.15) is 18.3 Å². The highest BCUT2D eigenvalue weighted by atomic mass is 35.5. The van der Waals surface area contributed by atoms with Crippen LogP contribution in [0.25, 0.3) is 16.8 Å². The van der Waals surface area contributed by atoms with Gasteiger partial charge in [0.15, 0.2) is 11.5 Å². The number of nitrogens with one attached hydrogen (secondary N) is 2. The summed E-state index contributed by atoms with van der Waals surface area (Å²) in [5, 5.41) is 11.1. The maximum Gasteiger partial charge on any atom is 0.455 e. The molecule has 0 aliphatic heterocycles. The average molecular weight is 582 g/mol. The van der Waals surface area contributed by atoms with Gasteiger partial charge in [0.25, 0.3) is 5.78 Å². The molecule has 0 saturated carbocycles. The molecule has 0 bridgehead atoms. The Bertz CT molecular complexity index is 1560. The van der Waals surface area contributed by atoms with Crippen LogP contribution in [0.2, 0.25) is 10.0 Å². The summed E-state index contributed by atoms with van der Waals surface area (Å²) < 4.78 is 44.6. The Labute approximate surface area is 229 Å². The number of benzene rings is 1. The van der Waals surface area contributed by atoms with Crippen LogP contribution in [0.5, 0.6) is 0 Å². The number of alkyl halides is 3. The molecule has 4 rings (SSSR count). The number of nitrogen functional groups attached to an aromatic ring is 1. The van der Waals surface area contributed by atoms with Gasteiger partial charge in [-0.25, -0.2) is 19.3 Å². The van der Waals surface area contributed by atoms with Gasteiger partial charge in [-0.05, 0) is 37.3 Å². The van der Waals surface area contributed by atoms with E-state index in [1.165, 1.54) is 16.6 Å². The van der Waals surface area contributed by atoms with Crippen molar-refractivity contribution >= 4 is 57.9 Å². The highest BCUT2D eigenvalue weighted by molar-refractivity contribution is 6.36. The lowest BCUT2D eigenvalue weighted by Gasteiger charge is -2.12. The SMILES string of the molecule is CCOC(=O)c1cc2c(NCCNc3ccc(C(=O)C(F)(F)F)c(N)n3)nc(-c3ccc(Cl)cc3Cl)cn2n1. The van der Waals surface area contributed by atoms with Gasteiger partial charge in [0, 0.05) is 29.7 Å². The number of Topliss-reactive ketones (excluding diaryl/α,β-unsaturated/α-hetero) is 1. The van der Waals surface area contributed by atoms with Crippen LogP contribution in [0.15, 0.2) is 42.6 Å². The zero-order valence-corrected chi connectivity index (χ0v) is 21.7. The van der Waals surface area contributed by atoms with Crippen LogP contribution in [0.4, 0.5) is 30.6 Å². The number of esters is 1. The van der Waals surface area contributed by atoms with Crippen molar-refractivity contribution in [2.75, 3.05) is 36.1 Å². The van der Waals surface area contributed by atoms with Crippen molar-refractivity contribution in [2.45, 2.75) is 13.1 Å². The number of hydrogen-bond donors (Lipinski definition) is 3. The van der Waals surface area contributed by atoms with Gasteiger partial charge in [0.1, 0.15) is 17.2 Å². The van der Waals surface area contributed by atoms with Crippen molar-refractivity contribution < 1.29 is 27.5 Å². The third kappa shape index (κ3) is 6.32. The predicted octanol–water partition coefficient (Wildman–Crippen LogP) is 5.13. The first-order valence-corrected chi connectivity index (χ1v) is 12.1. The molecule has 15 heteroatoms. The van der Waals surface area contributed by atoms with E-state index in [9.17, 15) is 22.8 Å². The second-order valence-corrected chi connectivity index (χ2v) is 8.83. The number of carbonyl (C=O) groups is 2. The second-order valence-electron chi connectivity index (χ2n) is 7.99. The molecule has 3 aromatic heterocycles. The van der Waals surface area contributed by atoms with Crippen LogP contribution >= 0.6 is 23.2 Å². The summed E-state index contributed by atoms with van der Waals surface area (Å²) in [6.07, 6.45) is -3.45. The fourth-order valence-corrected chi connectivity index (χ4v) is 4.05. The van der Waals surface area contributed by atoms with E-state index in [-0.39, 0.29) is 31.2 Å². The topological polar surface area (TPSA) is 137 Å². The number of pyridine rings is 1. The van der Waals surface area contributed by atoms with Crippen molar-refractivity contribution in [1.82, 2.24) is 19.6 Å². The summed E-state index contributed by atoms with van der Waals surface area (Å²) in [4.78, 5) is 32.1. The summed E-state index contributed by atoms with van der Waals surface area (Å²) in [6, 6.07) is 8.63. The van der Waals surface area contributed by atoms with Crippen LogP contribution in [-0.2, 0) is 4.74 Å². The monoisotopic (exact) mass is 581 g/mol. The van der Waals surface area contributed by atoms with E-state index in [1.807, 2.05) is 0 Å². The highest BCUT2D eigenvalue weighted by Crippen LogP contribution is 2.31. The molecule has 0 saturated heterocycles. The first kappa shape index (κ1) is 27.9. The minimum absolute atomic E-state index is 0.0762. The number of carbonyl (C=O) groups excluding carboxylic acids is 2. The molecule has 1 aromatic carbocycles. The smallest absolute Gasteiger partial charge is 0.455 e. The third-order valence-electron chi connectivity index (χ3n) is 5.30. The molecule has 4 aromatic rings. The summed E-state index contributed by atoms with van der Waals surface area (Å²) >= 11 is 12.4. The Kier molecular flexibility index (Phi) is 8.11. The number of nitrogens with zero attached hydrogens (tertiary/aromatic N) is 4. The van der Waals surface area contributed by atoms with Gasteiger partial charge in [0.05, 0.1) is 29.1 Å². The van der Waals surface area contributed by atoms with Gasteiger partial charge in [-0.15, -0.1) is 0 Å². The van der Waals surface area contributed by atoms with E-state index < -0.39 is 29.3 Å². The Morgan fingerprint density at radius 2 is 1.82 bits per heavy atom. The normalized spacial score (nSPS) is 11.4. The number of ether oxygens (including phenoxy) is 1. The quantitative estimate of drug-likeness (QED) is 0.139. The van der Waals surface area contributed by atoms with Crippen LogP contribution in [0.1, 0.15) is 27.8 Å². The number of nitrogens with two attached hydrogens (primary N) is 1. The maximum atomic E-state index is 12.7. The van der Waals surface area contributed by atoms with E-state index in [0.29, 0.717) is 32.6 Å². The molecular weight excluding hydrogens is 562 g/mol. The minimum Gasteiger partial charge on any atom is -0.461 e. The van der Waals surface area contributed by atoms with Crippen molar-refractivity contribution in [2.24, 2.45) is 0 Å². The third-order valence-corrected chi connectivity index (χ3v) is 5.85. The Balaban J connectivity index is 1.55. The molecule has 0 radical (unpaired) electrons. The molecule has 4 N–H and O–H groups in total. The first-order valence-electron chi connectivity index (χ1n) is 11.4. The molecule has 0 fully saturated rings. The number of anilines is 3. The van der Waals surface area contributed by atoms with Gasteiger partial charge in [-0.3, -0.25) is 4.79 Å². The van der Waals surface area contributed by atoms with Crippen molar-refractivity contribution in [3.8, 4) is 11.3 Å². The maximum absolute atomic E-state index is 12.7. The molecule has 39 heavy (non-hydrogen) atoms. The summed E-state index contributed by atoms with van der Waals surface area (Å²) in [5.74, 6) is -2.68. The lowest BCUT2D eigenvalue weighted by Crippen LogP contribution is -2.24. The fraction of sp³-hybridized carbons (Fsp3) is 0.208. The van der Waals surface area contributed by atoms with Gasteiger partial charge < -0.3 is 21.1 Å². The summed E-state index contributed by atoms with van der Waals surface area (Å²) in [6.45, 7) is 2.35. The lowest BCUT2D eigenvalue weighted by atomic mass is 10.1. The van der Waals surface area contributed by atoms with Gasteiger partial charge >= 0.3 is 12.1 Å². The number of ketones is 1. The number of fused-ring (bicyclic) bond motifs is 1. The number of rotatable bonds is 9. The molecule has 204 valence electrons. The molecule has 3 heterocycles. The lowest BCUT2D eigenvalue weighted by molar-refractivity contribution is -0.0884. The van der Waals surface area contributed by atoms with E-state index in [1.54, 1.807) is 31.3 Å². The van der Waals surface area contributed by atoms with Gasteiger partial charge in [-0.1, -0.05) is 23.2 Å². The molecule has 0 aliphatic carbocycles. The Morgan fingerprint density at radius 1 is 1.08 bits per heavy atom. The zero-order chi connectivity index (χ0) is 28.3. The second kappa shape index (κ2) is 11.3. The van der Waals surface area contributed by atoms with E-state index >= 15 is 0 Å². The predicted molar refractivity (Wildman–Crippen MR) is 140 cm³/mol. The zero-order valence-electron chi connectivity index (χ0n) is 20.1. The van der Waals surface area contributed by atoms with Crippen LogP contribution in [0.3, 0.4) is 0 Å². The minimum atomic E-state index is -5.06. The van der Waals surface area contributed by atoms with E-state index in [2.05, 4.69) is 25.7 Å². The molecule has 0 atom stereocenters. The molecule has 0 amide bonds. The highest BCUT2D eigenvalue weighted by Gasteiger charge is 2.40. The largest absolute Gasteiger partial charge is 0.461 e. The number of aromatic nitrogens is 4. The van der Waals surface area contributed by atoms with Crippen LogP contribution < -0.4 is 16.4 Å². The number of halogens is 5. The van der Waals surface area contributed by atoms with Crippen LogP contribution in [-0.4, -0.2) is 57.2 Å². The van der Waals surface area contributed by atoms with E-state index in [4.69, 9.17) is 33.7 Å². The molecule has 0 unspecified atom stereocenters.